The zero-order chi connectivity index (χ0) is 18.3. The second-order valence-electron chi connectivity index (χ2n) is 6.86. The van der Waals surface area contributed by atoms with Crippen molar-refractivity contribution in [2.24, 2.45) is 0 Å². The monoisotopic (exact) mass is 366 g/mol. The van der Waals surface area contributed by atoms with E-state index in [1.165, 1.54) is 32.7 Å². The highest BCUT2D eigenvalue weighted by Gasteiger charge is 2.44. The molecule has 0 amide bonds. The molecule has 0 atom stereocenters. The van der Waals surface area contributed by atoms with Crippen LogP contribution in [0.15, 0.2) is 109 Å². The quantitative estimate of drug-likeness (QED) is 0.382. The summed E-state index contributed by atoms with van der Waals surface area (Å²) in [6.45, 7) is 0. The summed E-state index contributed by atoms with van der Waals surface area (Å²) in [7, 11) is 0.300. The van der Waals surface area contributed by atoms with Crippen LogP contribution in [0, 0.1) is 0 Å². The largest absolute Gasteiger partial charge is 0.215 e. The first-order chi connectivity index (χ1) is 13.3. The van der Waals surface area contributed by atoms with Gasteiger partial charge < -0.3 is 0 Å². The van der Waals surface area contributed by atoms with Gasteiger partial charge in [-0.3, -0.25) is 0 Å². The minimum Gasteiger partial charge on any atom is -0.215 e. The fraction of sp³-hybridized carbons (Fsp3) is 0.0400. The van der Waals surface area contributed by atoms with Crippen molar-refractivity contribution >= 4 is 28.7 Å². The van der Waals surface area contributed by atoms with E-state index in [4.69, 9.17) is 0 Å². The molecule has 0 N–H and O–H groups in total. The Labute approximate surface area is 160 Å². The molecule has 0 fully saturated rings. The normalized spacial score (nSPS) is 13.7. The molecular formula is C25H21NP+. The maximum absolute atomic E-state index is 2.53. The predicted octanol–water partition coefficient (Wildman–Crippen LogP) is 5.12. The molecule has 4 aromatic carbocycles. The van der Waals surface area contributed by atoms with Crippen molar-refractivity contribution in [2.75, 3.05) is 7.05 Å². The number of para-hydroxylation sites is 1. The summed E-state index contributed by atoms with van der Waals surface area (Å²) in [5, 5.41) is 4.29. The van der Waals surface area contributed by atoms with Crippen molar-refractivity contribution in [1.29, 1.82) is 0 Å². The van der Waals surface area contributed by atoms with Crippen LogP contribution in [-0.2, 0) is 0 Å². The number of hydrogen-bond acceptors (Lipinski definition) is 0. The molecule has 0 bridgehead atoms. The van der Waals surface area contributed by atoms with Gasteiger partial charge in [0.2, 0.25) is 5.69 Å². The molecule has 4 aromatic rings. The minimum atomic E-state index is -1.96. The van der Waals surface area contributed by atoms with E-state index in [0.29, 0.717) is 0 Å². The Morgan fingerprint density at radius 2 is 0.963 bits per heavy atom. The van der Waals surface area contributed by atoms with Gasteiger partial charge in [0.1, 0.15) is 7.05 Å². The van der Waals surface area contributed by atoms with Gasteiger partial charge in [-0.15, -0.1) is 0 Å². The zero-order valence-electron chi connectivity index (χ0n) is 15.3. The van der Waals surface area contributed by atoms with Crippen molar-refractivity contribution in [3.8, 4) is 11.1 Å². The van der Waals surface area contributed by atoms with Gasteiger partial charge in [0.25, 0.3) is 0 Å². The van der Waals surface area contributed by atoms with Gasteiger partial charge >= 0.3 is 0 Å². The van der Waals surface area contributed by atoms with E-state index in [2.05, 4.69) is 121 Å². The SMILES string of the molecule is C[N+](c1ccccc1)=P1(c2ccccc2)c2ccccc2-c2ccccc21. The van der Waals surface area contributed by atoms with Crippen LogP contribution in [0.3, 0.4) is 0 Å². The third kappa shape index (κ3) is 2.29. The minimum absolute atomic E-state index is 1.25. The topological polar surface area (TPSA) is 3.01 Å². The summed E-state index contributed by atoms with van der Waals surface area (Å²) < 4.78 is 2.53. The van der Waals surface area contributed by atoms with E-state index >= 15 is 0 Å². The summed E-state index contributed by atoms with van der Waals surface area (Å²) in [5.41, 5.74) is 3.99. The summed E-state index contributed by atoms with van der Waals surface area (Å²) in [5.74, 6) is 0. The zero-order valence-corrected chi connectivity index (χ0v) is 16.2. The number of hydrogen-bond donors (Lipinski definition) is 0. The van der Waals surface area contributed by atoms with Gasteiger partial charge in [0.15, 0.2) is 7.05 Å². The summed E-state index contributed by atoms with van der Waals surface area (Å²) in [6.07, 6.45) is 0. The molecule has 0 unspecified atom stereocenters. The average molecular weight is 366 g/mol. The number of benzene rings is 4. The van der Waals surface area contributed by atoms with Crippen molar-refractivity contribution < 1.29 is 4.33 Å². The fourth-order valence-corrected chi connectivity index (χ4v) is 8.92. The molecule has 1 heterocycles. The summed E-state index contributed by atoms with van der Waals surface area (Å²) >= 11 is 0. The van der Waals surface area contributed by atoms with Gasteiger partial charge in [-0.25, -0.2) is 4.33 Å². The molecule has 0 radical (unpaired) electrons. The van der Waals surface area contributed by atoms with Crippen LogP contribution in [0.2, 0.25) is 0 Å². The van der Waals surface area contributed by atoms with Crippen molar-refractivity contribution in [3.05, 3.63) is 109 Å². The van der Waals surface area contributed by atoms with Gasteiger partial charge in [-0.1, -0.05) is 72.8 Å². The molecule has 27 heavy (non-hydrogen) atoms. The van der Waals surface area contributed by atoms with Crippen LogP contribution in [0.1, 0.15) is 0 Å². The molecule has 5 rings (SSSR count). The summed E-state index contributed by atoms with van der Waals surface area (Å²) in [6, 6.07) is 39.7. The van der Waals surface area contributed by atoms with E-state index in [-0.39, 0.29) is 0 Å². The Balaban J connectivity index is 2.03. The lowest BCUT2D eigenvalue weighted by Gasteiger charge is -2.21. The second-order valence-corrected chi connectivity index (χ2v) is 10.2. The van der Waals surface area contributed by atoms with Gasteiger partial charge in [-0.05, 0) is 35.4 Å². The highest BCUT2D eigenvalue weighted by Crippen LogP contribution is 2.55. The number of rotatable bonds is 2. The Morgan fingerprint density at radius 3 is 1.52 bits per heavy atom. The van der Waals surface area contributed by atoms with Crippen LogP contribution in [-0.4, -0.2) is 11.4 Å². The lowest BCUT2D eigenvalue weighted by Crippen LogP contribution is -2.26. The molecule has 0 saturated carbocycles. The number of fused-ring (bicyclic) bond motifs is 3. The van der Waals surface area contributed by atoms with Crippen LogP contribution < -0.4 is 15.9 Å². The van der Waals surface area contributed by atoms with E-state index in [1.807, 2.05) is 0 Å². The van der Waals surface area contributed by atoms with E-state index in [1.54, 1.807) is 0 Å². The Kier molecular flexibility index (Phi) is 3.85. The third-order valence-electron chi connectivity index (χ3n) is 5.51. The lowest BCUT2D eigenvalue weighted by molar-refractivity contribution is -0.380. The first kappa shape index (κ1) is 16.3. The molecule has 1 aliphatic rings. The van der Waals surface area contributed by atoms with Crippen molar-refractivity contribution in [1.82, 2.24) is 0 Å². The Bertz CT molecular complexity index is 1130. The standard InChI is InChI=1S/C25H21NP/c1-26(20-12-4-2-5-13-20)27(21-14-6-3-7-15-21)24-18-10-8-16-22(24)23-17-9-11-19-25(23)27/h2-19H,1H3/q+1. The predicted molar refractivity (Wildman–Crippen MR) is 116 cm³/mol. The Morgan fingerprint density at radius 1 is 0.519 bits per heavy atom. The third-order valence-corrected chi connectivity index (χ3v) is 9.86. The molecular weight excluding hydrogens is 345 g/mol. The molecule has 0 saturated heterocycles. The van der Waals surface area contributed by atoms with Crippen molar-refractivity contribution in [2.45, 2.75) is 0 Å². The van der Waals surface area contributed by atoms with E-state index in [9.17, 15) is 0 Å². The molecule has 130 valence electrons. The molecule has 0 aromatic heterocycles. The van der Waals surface area contributed by atoms with Crippen LogP contribution in [0.5, 0.6) is 0 Å². The number of nitrogens with zero attached hydrogens (tertiary/aromatic N) is 1. The van der Waals surface area contributed by atoms with Gasteiger partial charge in [0, 0.05) is 28.0 Å². The van der Waals surface area contributed by atoms with Crippen LogP contribution >= 0.6 is 7.05 Å². The van der Waals surface area contributed by atoms with Crippen LogP contribution in [0.4, 0.5) is 5.69 Å². The maximum atomic E-state index is 2.53. The molecule has 0 aliphatic carbocycles. The first-order valence-electron chi connectivity index (χ1n) is 9.27. The molecule has 1 nitrogen and oxygen atoms in total. The van der Waals surface area contributed by atoms with E-state index < -0.39 is 7.05 Å². The highest BCUT2D eigenvalue weighted by molar-refractivity contribution is 7.86. The second kappa shape index (κ2) is 6.37. The summed E-state index contributed by atoms with van der Waals surface area (Å²) in [4.78, 5) is 0. The average Bonchev–Trinajstić information content (AvgIpc) is 3.06. The van der Waals surface area contributed by atoms with Gasteiger partial charge in [-0.2, -0.15) is 0 Å². The van der Waals surface area contributed by atoms with E-state index in [0.717, 1.165) is 0 Å². The smallest absolute Gasteiger partial charge is 0.200 e. The van der Waals surface area contributed by atoms with Gasteiger partial charge in [0.05, 0.1) is 0 Å². The Hall–Kier alpha value is -2.89. The molecule has 0 spiro atoms. The highest BCUT2D eigenvalue weighted by atomic mass is 31.2. The van der Waals surface area contributed by atoms with Crippen molar-refractivity contribution in [3.63, 3.8) is 0 Å². The maximum Gasteiger partial charge on any atom is 0.200 e. The lowest BCUT2D eigenvalue weighted by atomic mass is 10.1. The molecule has 1 aliphatic heterocycles. The molecule has 2 heteroatoms. The van der Waals surface area contributed by atoms with Crippen LogP contribution in [0.25, 0.3) is 11.1 Å². The first-order valence-corrected chi connectivity index (χ1v) is 11.0. The fourth-order valence-electron chi connectivity index (χ4n) is 4.33.